The predicted molar refractivity (Wildman–Crippen MR) is 96.9 cm³/mol. The molecule has 0 spiro atoms. The van der Waals surface area contributed by atoms with Crippen LogP contribution in [0.1, 0.15) is 5.56 Å². The lowest BCUT2D eigenvalue weighted by Crippen LogP contribution is -2.37. The third kappa shape index (κ3) is 3.83. The summed E-state index contributed by atoms with van der Waals surface area (Å²) in [5.74, 6) is -0.0600. The van der Waals surface area contributed by atoms with Gasteiger partial charge in [0.15, 0.2) is 0 Å². The lowest BCUT2D eigenvalue weighted by atomic mass is 10.2. The summed E-state index contributed by atoms with van der Waals surface area (Å²) in [6.07, 6.45) is 3.15. The number of thioether (sulfide) groups is 1. The number of pyridine rings is 1. The van der Waals surface area contributed by atoms with E-state index in [-0.39, 0.29) is 23.9 Å². The molecule has 2 rings (SSSR count). The largest absolute Gasteiger partial charge is 0.380 e. The second-order valence-electron chi connectivity index (χ2n) is 5.33. The Morgan fingerprint density at radius 2 is 2.12 bits per heavy atom. The van der Waals surface area contributed by atoms with Crippen LogP contribution in [0.4, 0.5) is 0 Å². The van der Waals surface area contributed by atoms with Crippen molar-refractivity contribution in [1.29, 1.82) is 0 Å². The van der Waals surface area contributed by atoms with Crippen LogP contribution in [0.15, 0.2) is 33.3 Å². The number of amides is 1. The maximum atomic E-state index is 12.6. The highest BCUT2D eigenvalue weighted by molar-refractivity contribution is 8.00. The fourth-order valence-corrected chi connectivity index (χ4v) is 3.34. The molecule has 2 heterocycles. The minimum atomic E-state index is -0.454. The monoisotopic (exact) mass is 364 g/mol. The van der Waals surface area contributed by atoms with Crippen molar-refractivity contribution < 1.29 is 9.53 Å². The van der Waals surface area contributed by atoms with Gasteiger partial charge < -0.3 is 10.1 Å². The predicted octanol–water partition coefficient (Wildman–Crippen LogP) is 0.173. The Labute approximate surface area is 148 Å². The van der Waals surface area contributed by atoms with Gasteiger partial charge >= 0.3 is 5.69 Å². The van der Waals surface area contributed by atoms with Crippen molar-refractivity contribution >= 4 is 28.7 Å². The number of ether oxygens (including phenoxy) is 1. The third-order valence-electron chi connectivity index (χ3n) is 3.59. The van der Waals surface area contributed by atoms with Gasteiger partial charge in [0.25, 0.3) is 5.56 Å². The number of aryl methyl sites for hydroxylation is 1. The fraction of sp³-hybridized carbons (Fsp3) is 0.375. The summed E-state index contributed by atoms with van der Waals surface area (Å²) < 4.78 is 7.51. The van der Waals surface area contributed by atoms with Crippen molar-refractivity contribution in [3.8, 4) is 0 Å². The summed E-state index contributed by atoms with van der Waals surface area (Å²) in [6.45, 7) is 4.16. The SMILES string of the molecule is C=CCNC(=O)CSc1c(COC)cnc2c1c(=O)n(C)c(=O)n2C. The van der Waals surface area contributed by atoms with Gasteiger partial charge in [0.2, 0.25) is 5.91 Å². The van der Waals surface area contributed by atoms with Crippen LogP contribution in [-0.2, 0) is 30.2 Å². The molecule has 0 saturated carbocycles. The normalized spacial score (nSPS) is 10.8. The van der Waals surface area contributed by atoms with E-state index in [1.165, 1.54) is 30.5 Å². The van der Waals surface area contributed by atoms with Crippen molar-refractivity contribution in [3.05, 3.63) is 45.3 Å². The second kappa shape index (κ2) is 8.13. The number of fused-ring (bicyclic) bond motifs is 1. The quantitative estimate of drug-likeness (QED) is 0.556. The van der Waals surface area contributed by atoms with E-state index >= 15 is 0 Å². The van der Waals surface area contributed by atoms with Gasteiger partial charge in [-0.2, -0.15) is 0 Å². The highest BCUT2D eigenvalue weighted by atomic mass is 32.2. The maximum Gasteiger partial charge on any atom is 0.332 e. The molecule has 134 valence electrons. The molecule has 0 saturated heterocycles. The zero-order chi connectivity index (χ0) is 18.6. The van der Waals surface area contributed by atoms with Gasteiger partial charge in [-0.1, -0.05) is 6.08 Å². The first-order valence-electron chi connectivity index (χ1n) is 7.49. The smallest absolute Gasteiger partial charge is 0.332 e. The highest BCUT2D eigenvalue weighted by Gasteiger charge is 2.18. The Morgan fingerprint density at radius 3 is 2.76 bits per heavy atom. The van der Waals surface area contributed by atoms with Crippen LogP contribution >= 0.6 is 11.8 Å². The first kappa shape index (κ1) is 18.9. The van der Waals surface area contributed by atoms with E-state index in [1.54, 1.807) is 19.3 Å². The molecule has 2 aromatic heterocycles. The van der Waals surface area contributed by atoms with Crippen molar-refractivity contribution in [1.82, 2.24) is 19.4 Å². The molecule has 0 bridgehead atoms. The van der Waals surface area contributed by atoms with Crippen molar-refractivity contribution in [2.75, 3.05) is 19.4 Å². The number of methoxy groups -OCH3 is 1. The van der Waals surface area contributed by atoms with Crippen molar-refractivity contribution in [3.63, 3.8) is 0 Å². The summed E-state index contributed by atoms with van der Waals surface area (Å²) in [5.41, 5.74) is 0.0657. The van der Waals surface area contributed by atoms with Gasteiger partial charge in [-0.15, -0.1) is 18.3 Å². The average Bonchev–Trinajstić information content (AvgIpc) is 2.61. The lowest BCUT2D eigenvalue weighted by molar-refractivity contribution is -0.118. The van der Waals surface area contributed by atoms with E-state index < -0.39 is 11.2 Å². The van der Waals surface area contributed by atoms with Crippen LogP contribution in [0.25, 0.3) is 11.0 Å². The zero-order valence-corrected chi connectivity index (χ0v) is 15.2. The molecule has 0 atom stereocenters. The number of hydrogen-bond acceptors (Lipinski definition) is 6. The molecule has 0 aliphatic heterocycles. The number of carbonyl (C=O) groups excluding carboxylic acids is 1. The molecule has 2 aromatic rings. The number of nitrogens with one attached hydrogen (secondary N) is 1. The summed E-state index contributed by atoms with van der Waals surface area (Å²) >= 11 is 1.22. The van der Waals surface area contributed by atoms with Gasteiger partial charge in [-0.25, -0.2) is 9.78 Å². The van der Waals surface area contributed by atoms with Gasteiger partial charge in [0, 0.05) is 44.4 Å². The van der Waals surface area contributed by atoms with Crippen molar-refractivity contribution in [2.24, 2.45) is 14.1 Å². The van der Waals surface area contributed by atoms with Gasteiger partial charge in [-0.3, -0.25) is 18.7 Å². The van der Waals surface area contributed by atoms with Crippen LogP contribution < -0.4 is 16.6 Å². The molecule has 0 unspecified atom stereocenters. The molecule has 0 fully saturated rings. The molecule has 1 N–H and O–H groups in total. The molecule has 9 heteroatoms. The fourth-order valence-electron chi connectivity index (χ4n) is 2.34. The Balaban J connectivity index is 2.59. The number of carbonyl (C=O) groups is 1. The van der Waals surface area contributed by atoms with E-state index in [2.05, 4.69) is 16.9 Å². The maximum absolute atomic E-state index is 12.6. The summed E-state index contributed by atoms with van der Waals surface area (Å²) in [7, 11) is 4.50. The first-order chi connectivity index (χ1) is 11.9. The minimum absolute atomic E-state index is 0.121. The van der Waals surface area contributed by atoms with Gasteiger partial charge in [-0.05, 0) is 0 Å². The van der Waals surface area contributed by atoms with E-state index in [9.17, 15) is 14.4 Å². The number of nitrogens with zero attached hydrogens (tertiary/aromatic N) is 3. The Hall–Kier alpha value is -2.39. The number of hydrogen-bond donors (Lipinski definition) is 1. The van der Waals surface area contributed by atoms with Gasteiger partial charge in [0.05, 0.1) is 17.7 Å². The first-order valence-corrected chi connectivity index (χ1v) is 8.47. The molecule has 0 aliphatic rings. The third-order valence-corrected chi connectivity index (χ3v) is 4.75. The van der Waals surface area contributed by atoms with Crippen LogP contribution in [0.3, 0.4) is 0 Å². The van der Waals surface area contributed by atoms with E-state index in [4.69, 9.17) is 4.74 Å². The van der Waals surface area contributed by atoms with Crippen LogP contribution in [-0.4, -0.2) is 39.4 Å². The Morgan fingerprint density at radius 1 is 1.40 bits per heavy atom. The topological polar surface area (TPSA) is 95.2 Å². The molecular weight excluding hydrogens is 344 g/mol. The Kier molecular flexibility index (Phi) is 6.16. The van der Waals surface area contributed by atoms with E-state index in [0.717, 1.165) is 4.57 Å². The molecule has 8 nitrogen and oxygen atoms in total. The standard InChI is InChI=1S/C16H20N4O4S/c1-5-6-17-11(21)9-25-13-10(8-24-4)7-18-14-12(13)15(22)20(3)16(23)19(14)2/h5,7H,1,6,8-9H2,2-4H3,(H,17,21). The highest BCUT2D eigenvalue weighted by Crippen LogP contribution is 2.28. The molecule has 1 amide bonds. The van der Waals surface area contributed by atoms with Crippen molar-refractivity contribution in [2.45, 2.75) is 11.5 Å². The zero-order valence-electron chi connectivity index (χ0n) is 14.4. The Bertz CT molecular complexity index is 932. The summed E-state index contributed by atoms with van der Waals surface area (Å²) in [6, 6.07) is 0. The minimum Gasteiger partial charge on any atom is -0.380 e. The molecule has 0 aliphatic carbocycles. The van der Waals surface area contributed by atoms with Gasteiger partial charge in [0.1, 0.15) is 5.65 Å². The van der Waals surface area contributed by atoms with Crippen LogP contribution in [0.5, 0.6) is 0 Å². The van der Waals surface area contributed by atoms with E-state index in [0.29, 0.717) is 22.4 Å². The lowest BCUT2D eigenvalue weighted by Gasteiger charge is -2.14. The number of aromatic nitrogens is 3. The molecule has 0 aromatic carbocycles. The average molecular weight is 364 g/mol. The van der Waals surface area contributed by atoms with Crippen LogP contribution in [0.2, 0.25) is 0 Å². The van der Waals surface area contributed by atoms with E-state index in [1.807, 2.05) is 0 Å². The number of rotatable bonds is 7. The molecular formula is C16H20N4O4S. The molecule has 25 heavy (non-hydrogen) atoms. The molecule has 0 radical (unpaired) electrons. The second-order valence-corrected chi connectivity index (χ2v) is 6.32. The summed E-state index contributed by atoms with van der Waals surface area (Å²) in [4.78, 5) is 41.5. The summed E-state index contributed by atoms with van der Waals surface area (Å²) in [5, 5.41) is 2.99. The van der Waals surface area contributed by atoms with Crippen LogP contribution in [0, 0.1) is 0 Å².